The van der Waals surface area contributed by atoms with Crippen LogP contribution in [0.25, 0.3) is 45.6 Å². The fourth-order valence-electron chi connectivity index (χ4n) is 3.93. The smallest absolute Gasteiger partial charge is 0.397 e. The van der Waals surface area contributed by atoms with Gasteiger partial charge in [-0.2, -0.15) is 31.2 Å². The van der Waals surface area contributed by atoms with E-state index in [1.165, 1.54) is 0 Å². The minimum atomic E-state index is -4.16. The molecule has 8 nitrogen and oxygen atoms in total. The van der Waals surface area contributed by atoms with Crippen LogP contribution >= 0.6 is 0 Å². The summed E-state index contributed by atoms with van der Waals surface area (Å²) in [5.74, 6) is 0. The molecule has 0 saturated heterocycles. The zero-order valence-electron chi connectivity index (χ0n) is 22.5. The van der Waals surface area contributed by atoms with E-state index in [9.17, 15) is 8.42 Å². The number of nitrogens with zero attached hydrogens (tertiary/aromatic N) is 4. The maximum Gasteiger partial charge on any atom is 0.397 e. The Kier molecular flexibility index (Phi) is 9.75. The first-order chi connectivity index (χ1) is 18.0. The van der Waals surface area contributed by atoms with Crippen molar-refractivity contribution in [3.63, 3.8) is 0 Å². The van der Waals surface area contributed by atoms with Crippen LogP contribution in [0.3, 0.4) is 0 Å². The van der Waals surface area contributed by atoms with Crippen LogP contribution in [-0.2, 0) is 34.1 Å². The van der Waals surface area contributed by atoms with E-state index in [1.54, 1.807) is 0 Å². The zero-order chi connectivity index (χ0) is 27.4. The standard InChI is InChI=1S/2C14H12N2.CH4O4S.Zn/c2*1-9-3-5-11-7-8-12-6-4-10(2)16-14(12)13(11)15-9;1-5-6(2,3)4;/h2*3-8H,1-2H3;1H3,(H,2,3,4);/q2*-2;;. The Bertz CT molecular complexity index is 1540. The Balaban J connectivity index is 0.000000176. The summed E-state index contributed by atoms with van der Waals surface area (Å²) >= 11 is 0. The van der Waals surface area contributed by atoms with Crippen LogP contribution < -0.4 is 20.9 Å². The van der Waals surface area contributed by atoms with Crippen molar-refractivity contribution in [2.24, 2.45) is 0 Å². The molecule has 0 aliphatic carbocycles. The molecule has 0 fully saturated rings. The largest absolute Gasteiger partial charge is 0.662 e. The molecule has 2 aromatic carbocycles. The van der Waals surface area contributed by atoms with E-state index < -0.39 is 10.4 Å². The molecule has 2 aromatic rings. The summed E-state index contributed by atoms with van der Waals surface area (Å²) in [4.78, 5) is 0. The third-order valence-electron chi connectivity index (χ3n) is 5.81. The molecule has 4 aliphatic heterocycles. The summed E-state index contributed by atoms with van der Waals surface area (Å²) in [6, 6.07) is 8.39. The Morgan fingerprint density at radius 3 is 0.923 bits per heavy atom. The Morgan fingerprint density at radius 2 is 0.744 bits per heavy atom. The minimum absolute atomic E-state index is 0. The van der Waals surface area contributed by atoms with Crippen molar-refractivity contribution in [1.82, 2.24) is 0 Å². The molecule has 4 heterocycles. The topological polar surface area (TPSA) is 120 Å². The number of hydrogen-bond donors (Lipinski definition) is 1. The van der Waals surface area contributed by atoms with E-state index in [2.05, 4.69) is 74.0 Å². The van der Waals surface area contributed by atoms with Gasteiger partial charge in [-0.05, 0) is 20.9 Å². The van der Waals surface area contributed by atoms with Crippen LogP contribution in [0, 0.1) is 0 Å². The Morgan fingerprint density at radius 1 is 0.538 bits per heavy atom. The number of benzene rings is 2. The van der Waals surface area contributed by atoms with Gasteiger partial charge in [0.1, 0.15) is 0 Å². The monoisotopic (exact) mass is 592 g/mol. The molecule has 0 radical (unpaired) electrons. The summed E-state index contributed by atoms with van der Waals surface area (Å²) in [7, 11) is -3.29. The fraction of sp³-hybridized carbons (Fsp3) is 0.172. The molecular weight excluding hydrogens is 566 g/mol. The van der Waals surface area contributed by atoms with E-state index in [0.29, 0.717) is 0 Å². The second kappa shape index (κ2) is 12.6. The molecule has 39 heavy (non-hydrogen) atoms. The molecule has 200 valence electrons. The quantitative estimate of drug-likeness (QED) is 0.341. The van der Waals surface area contributed by atoms with Gasteiger partial charge >= 0.3 is 10.4 Å². The molecule has 0 amide bonds. The van der Waals surface area contributed by atoms with Gasteiger partial charge in [0.25, 0.3) is 0 Å². The first kappa shape index (κ1) is 30.1. The Hall–Kier alpha value is -3.43. The van der Waals surface area contributed by atoms with Gasteiger partial charge in [-0.25, -0.2) is 0 Å². The number of hydrogen-bond acceptors (Lipinski definition) is 3. The molecule has 0 atom stereocenters. The zero-order valence-corrected chi connectivity index (χ0v) is 26.3. The maximum atomic E-state index is 9.33. The molecule has 0 aromatic heterocycles. The van der Waals surface area contributed by atoms with Crippen LogP contribution in [0.4, 0.5) is 22.7 Å². The Labute approximate surface area is 241 Å². The first-order valence-corrected chi connectivity index (χ1v) is 13.2. The molecule has 0 saturated carbocycles. The van der Waals surface area contributed by atoms with Gasteiger partial charge < -0.3 is 21.3 Å². The average molecular weight is 594 g/mol. The fourth-order valence-corrected chi connectivity index (χ4v) is 3.93. The van der Waals surface area contributed by atoms with Crippen molar-refractivity contribution in [2.45, 2.75) is 27.7 Å². The van der Waals surface area contributed by atoms with Crippen LogP contribution in [-0.4, -0.2) is 20.1 Å². The molecule has 4 aliphatic rings. The van der Waals surface area contributed by atoms with Gasteiger partial charge in [0.2, 0.25) is 0 Å². The second-order valence-electron chi connectivity index (χ2n) is 8.82. The third-order valence-corrected chi connectivity index (χ3v) is 6.23. The number of fused-ring (bicyclic) bond motifs is 6. The van der Waals surface area contributed by atoms with E-state index in [-0.39, 0.29) is 19.5 Å². The molecule has 10 heteroatoms. The van der Waals surface area contributed by atoms with Gasteiger partial charge in [-0.1, -0.05) is 101 Å². The predicted molar refractivity (Wildman–Crippen MR) is 155 cm³/mol. The molecule has 0 spiro atoms. The third kappa shape index (κ3) is 7.58. The van der Waals surface area contributed by atoms with Crippen LogP contribution in [0.1, 0.15) is 27.7 Å². The van der Waals surface area contributed by atoms with Gasteiger partial charge in [-0.15, -0.1) is 22.7 Å². The van der Waals surface area contributed by atoms with Crippen LogP contribution in [0.5, 0.6) is 0 Å². The SMILES string of the molecule is CC1=CC=c2ccc3c(c2[N-]1)[N-]C(C)=CC=3.CC1=CC=c2ccc3c(c2[N-]1)[N-]C(C)=CC=3.COS(=O)(=O)O.[Zn]. The summed E-state index contributed by atoms with van der Waals surface area (Å²) in [5.41, 5.74) is 8.13. The van der Waals surface area contributed by atoms with Gasteiger partial charge in [-0.3, -0.25) is 8.74 Å². The normalized spacial score (nSPS) is 15.2. The average Bonchev–Trinajstić information content (AvgIpc) is 2.89. The van der Waals surface area contributed by atoms with Crippen molar-refractivity contribution in [3.8, 4) is 0 Å². The molecule has 0 bridgehead atoms. The molecule has 6 rings (SSSR count). The summed E-state index contributed by atoms with van der Waals surface area (Å²) in [6.07, 6.45) is 16.5. The molecular formula is C29H28N4O4SZn-4. The van der Waals surface area contributed by atoms with Crippen molar-refractivity contribution in [3.05, 3.63) is 113 Å². The number of allylic oxidation sites excluding steroid dienone is 8. The van der Waals surface area contributed by atoms with E-state index >= 15 is 0 Å². The van der Waals surface area contributed by atoms with E-state index in [1.807, 2.05) is 52.0 Å². The predicted octanol–water partition coefficient (Wildman–Crippen LogP) is 5.62. The van der Waals surface area contributed by atoms with Gasteiger partial charge in [0.05, 0.1) is 7.11 Å². The first-order valence-electron chi connectivity index (χ1n) is 11.8. The number of rotatable bonds is 1. The van der Waals surface area contributed by atoms with Crippen molar-refractivity contribution in [1.29, 1.82) is 0 Å². The second-order valence-corrected chi connectivity index (χ2v) is 10.0. The summed E-state index contributed by atoms with van der Waals surface area (Å²) in [6.45, 7) is 8.03. The molecule has 1 N–H and O–H groups in total. The van der Waals surface area contributed by atoms with Crippen molar-refractivity contribution in [2.75, 3.05) is 7.11 Å². The maximum absolute atomic E-state index is 9.33. The van der Waals surface area contributed by atoms with Gasteiger partial charge in [0.15, 0.2) is 0 Å². The van der Waals surface area contributed by atoms with Crippen molar-refractivity contribution >= 4 is 57.5 Å². The summed E-state index contributed by atoms with van der Waals surface area (Å²) in [5, 5.41) is 22.9. The van der Waals surface area contributed by atoms with E-state index in [0.717, 1.165) is 73.5 Å². The van der Waals surface area contributed by atoms with Crippen molar-refractivity contribution < 1.29 is 36.6 Å². The van der Waals surface area contributed by atoms with E-state index in [4.69, 9.17) is 4.55 Å². The summed E-state index contributed by atoms with van der Waals surface area (Å²) < 4.78 is 29.7. The molecule has 0 unspecified atom stereocenters. The van der Waals surface area contributed by atoms with Crippen LogP contribution in [0.2, 0.25) is 0 Å². The minimum Gasteiger partial charge on any atom is -0.662 e. The van der Waals surface area contributed by atoms with Crippen LogP contribution in [0.15, 0.2) is 71.4 Å². The van der Waals surface area contributed by atoms with Gasteiger partial charge in [0, 0.05) is 19.5 Å².